The second-order valence-electron chi connectivity index (χ2n) is 4.63. The maximum absolute atomic E-state index is 11.9. The molecule has 0 radical (unpaired) electrons. The fraction of sp³-hybridized carbons (Fsp3) is 0.188. The van der Waals surface area contributed by atoms with E-state index in [-0.39, 0.29) is 12.3 Å². The van der Waals surface area contributed by atoms with E-state index >= 15 is 0 Å². The largest absolute Gasteiger partial charge is 0.493 e. The average molecular weight is 349 g/mol. The molecule has 1 amide bonds. The van der Waals surface area contributed by atoms with E-state index in [4.69, 9.17) is 10.5 Å². The van der Waals surface area contributed by atoms with Gasteiger partial charge in [-0.15, -0.1) is 0 Å². The number of ether oxygens (including phenoxy) is 1. The molecule has 0 spiro atoms. The van der Waals surface area contributed by atoms with Gasteiger partial charge in [0, 0.05) is 21.9 Å². The van der Waals surface area contributed by atoms with Crippen LogP contribution in [0.2, 0.25) is 0 Å². The van der Waals surface area contributed by atoms with Crippen molar-refractivity contribution in [3.05, 3.63) is 52.5 Å². The number of hydrogen-bond donors (Lipinski definition) is 2. The molecule has 3 N–H and O–H groups in total. The molecule has 0 aliphatic rings. The molecule has 0 aliphatic heterocycles. The topological polar surface area (TPSA) is 64.3 Å². The molecule has 2 aromatic rings. The Hall–Kier alpha value is -2.01. The standard InChI is InChI=1S/C16H17BrN2O2/c1-11-14(17)6-3-7-15(11)19-16(20)8-9-21-13-5-2-4-12(18)10-13/h2-7,10H,8-9,18H2,1H3,(H,19,20). The van der Waals surface area contributed by atoms with E-state index in [1.165, 1.54) is 0 Å². The van der Waals surface area contributed by atoms with Crippen LogP contribution in [-0.2, 0) is 4.79 Å². The third-order valence-corrected chi connectivity index (χ3v) is 3.86. The third kappa shape index (κ3) is 4.49. The zero-order valence-electron chi connectivity index (χ0n) is 11.7. The number of hydrogen-bond acceptors (Lipinski definition) is 3. The number of carbonyl (C=O) groups is 1. The molecule has 2 aromatic carbocycles. The van der Waals surface area contributed by atoms with Crippen LogP contribution in [0.4, 0.5) is 11.4 Å². The van der Waals surface area contributed by atoms with Gasteiger partial charge in [-0.2, -0.15) is 0 Å². The van der Waals surface area contributed by atoms with Crippen LogP contribution in [0.25, 0.3) is 0 Å². The maximum Gasteiger partial charge on any atom is 0.227 e. The minimum Gasteiger partial charge on any atom is -0.493 e. The predicted octanol–water partition coefficient (Wildman–Crippen LogP) is 3.75. The van der Waals surface area contributed by atoms with Crippen LogP contribution in [0.3, 0.4) is 0 Å². The number of carbonyl (C=O) groups excluding carboxylic acids is 1. The van der Waals surface area contributed by atoms with Gasteiger partial charge in [0.2, 0.25) is 5.91 Å². The first kappa shape index (κ1) is 15.4. The number of rotatable bonds is 5. The highest BCUT2D eigenvalue weighted by Gasteiger charge is 2.07. The maximum atomic E-state index is 11.9. The molecule has 4 nitrogen and oxygen atoms in total. The van der Waals surface area contributed by atoms with E-state index in [0.717, 1.165) is 15.7 Å². The molecule has 2 rings (SSSR count). The highest BCUT2D eigenvalue weighted by Crippen LogP contribution is 2.23. The summed E-state index contributed by atoms with van der Waals surface area (Å²) in [5.41, 5.74) is 8.11. The highest BCUT2D eigenvalue weighted by atomic mass is 79.9. The highest BCUT2D eigenvalue weighted by molar-refractivity contribution is 9.10. The van der Waals surface area contributed by atoms with Gasteiger partial charge in [-0.3, -0.25) is 4.79 Å². The van der Waals surface area contributed by atoms with Gasteiger partial charge in [0.1, 0.15) is 5.75 Å². The predicted molar refractivity (Wildman–Crippen MR) is 88.5 cm³/mol. The zero-order valence-corrected chi connectivity index (χ0v) is 13.3. The summed E-state index contributed by atoms with van der Waals surface area (Å²) in [4.78, 5) is 11.9. The first-order valence-corrected chi connectivity index (χ1v) is 7.39. The first-order chi connectivity index (χ1) is 10.1. The van der Waals surface area contributed by atoms with Crippen molar-refractivity contribution in [3.8, 4) is 5.75 Å². The Bertz CT molecular complexity index is 644. The van der Waals surface area contributed by atoms with E-state index in [0.29, 0.717) is 18.0 Å². The van der Waals surface area contributed by atoms with Gasteiger partial charge in [0.05, 0.1) is 13.0 Å². The summed E-state index contributed by atoms with van der Waals surface area (Å²) in [6, 6.07) is 12.8. The Morgan fingerprint density at radius 3 is 2.81 bits per heavy atom. The number of nitrogens with one attached hydrogen (secondary N) is 1. The number of anilines is 2. The fourth-order valence-corrected chi connectivity index (χ4v) is 2.19. The lowest BCUT2D eigenvalue weighted by Crippen LogP contribution is -2.16. The number of nitrogen functional groups attached to an aromatic ring is 1. The van der Waals surface area contributed by atoms with Gasteiger partial charge in [-0.05, 0) is 36.8 Å². The molecular weight excluding hydrogens is 332 g/mol. The first-order valence-electron chi connectivity index (χ1n) is 6.59. The van der Waals surface area contributed by atoms with Gasteiger partial charge in [0.15, 0.2) is 0 Å². The molecule has 0 saturated carbocycles. The van der Waals surface area contributed by atoms with Gasteiger partial charge in [0.25, 0.3) is 0 Å². The van der Waals surface area contributed by atoms with E-state index in [9.17, 15) is 4.79 Å². The van der Waals surface area contributed by atoms with Crippen LogP contribution in [0.5, 0.6) is 5.75 Å². The van der Waals surface area contributed by atoms with Crippen molar-refractivity contribution < 1.29 is 9.53 Å². The van der Waals surface area contributed by atoms with Gasteiger partial charge >= 0.3 is 0 Å². The van der Waals surface area contributed by atoms with Crippen molar-refractivity contribution in [3.63, 3.8) is 0 Å². The number of halogens is 1. The second kappa shape index (κ2) is 7.13. The molecule has 0 fully saturated rings. The van der Waals surface area contributed by atoms with Crippen LogP contribution in [-0.4, -0.2) is 12.5 Å². The molecule has 110 valence electrons. The lowest BCUT2D eigenvalue weighted by atomic mass is 10.2. The van der Waals surface area contributed by atoms with Crippen molar-refractivity contribution in [2.24, 2.45) is 0 Å². The van der Waals surface area contributed by atoms with Crippen LogP contribution < -0.4 is 15.8 Å². The monoisotopic (exact) mass is 348 g/mol. The van der Waals surface area contributed by atoms with E-state index in [1.54, 1.807) is 12.1 Å². The minimum absolute atomic E-state index is 0.0832. The van der Waals surface area contributed by atoms with E-state index in [1.807, 2.05) is 37.3 Å². The van der Waals surface area contributed by atoms with E-state index < -0.39 is 0 Å². The van der Waals surface area contributed by atoms with Crippen LogP contribution in [0.15, 0.2) is 46.9 Å². The average Bonchev–Trinajstić information content (AvgIpc) is 2.44. The Morgan fingerprint density at radius 1 is 1.29 bits per heavy atom. The lowest BCUT2D eigenvalue weighted by Gasteiger charge is -2.10. The molecule has 0 aromatic heterocycles. The quantitative estimate of drug-likeness (QED) is 0.808. The Kier molecular flexibility index (Phi) is 5.22. The molecule has 0 bridgehead atoms. The molecule has 0 unspecified atom stereocenters. The lowest BCUT2D eigenvalue weighted by molar-refractivity contribution is -0.116. The fourth-order valence-electron chi connectivity index (χ4n) is 1.82. The van der Waals surface area contributed by atoms with Crippen LogP contribution in [0.1, 0.15) is 12.0 Å². The Labute approximate surface area is 132 Å². The smallest absolute Gasteiger partial charge is 0.227 e. The number of benzene rings is 2. The van der Waals surface area contributed by atoms with Gasteiger partial charge in [-0.25, -0.2) is 0 Å². The van der Waals surface area contributed by atoms with E-state index in [2.05, 4.69) is 21.2 Å². The van der Waals surface area contributed by atoms with Crippen LogP contribution >= 0.6 is 15.9 Å². The summed E-state index contributed by atoms with van der Waals surface area (Å²) in [6.45, 7) is 2.26. The summed E-state index contributed by atoms with van der Waals surface area (Å²) < 4.78 is 6.47. The zero-order chi connectivity index (χ0) is 15.2. The molecule has 0 atom stereocenters. The second-order valence-corrected chi connectivity index (χ2v) is 5.49. The Morgan fingerprint density at radius 2 is 2.05 bits per heavy atom. The summed E-state index contributed by atoms with van der Waals surface area (Å²) in [6.07, 6.45) is 0.279. The van der Waals surface area contributed by atoms with Crippen molar-refractivity contribution in [2.45, 2.75) is 13.3 Å². The van der Waals surface area contributed by atoms with Crippen molar-refractivity contribution >= 4 is 33.2 Å². The molecule has 0 heterocycles. The summed E-state index contributed by atoms with van der Waals surface area (Å²) in [5, 5.41) is 2.88. The minimum atomic E-state index is -0.0832. The van der Waals surface area contributed by atoms with Crippen LogP contribution in [0, 0.1) is 6.92 Å². The molecule has 0 aliphatic carbocycles. The van der Waals surface area contributed by atoms with Crippen molar-refractivity contribution in [1.82, 2.24) is 0 Å². The number of amides is 1. The molecule has 0 saturated heterocycles. The molecule has 5 heteroatoms. The van der Waals surface area contributed by atoms with Gasteiger partial charge < -0.3 is 15.8 Å². The van der Waals surface area contributed by atoms with Crippen molar-refractivity contribution in [2.75, 3.05) is 17.7 Å². The van der Waals surface area contributed by atoms with Gasteiger partial charge in [-0.1, -0.05) is 28.1 Å². The molecule has 21 heavy (non-hydrogen) atoms. The summed E-state index contributed by atoms with van der Waals surface area (Å²) in [7, 11) is 0. The van der Waals surface area contributed by atoms with Crippen molar-refractivity contribution in [1.29, 1.82) is 0 Å². The SMILES string of the molecule is Cc1c(Br)cccc1NC(=O)CCOc1cccc(N)c1. The Balaban J connectivity index is 1.84. The molecular formula is C16H17BrN2O2. The third-order valence-electron chi connectivity index (χ3n) is 3.00. The normalized spacial score (nSPS) is 10.2. The summed E-state index contributed by atoms with van der Waals surface area (Å²) >= 11 is 3.44. The number of nitrogens with two attached hydrogens (primary N) is 1. The summed E-state index contributed by atoms with van der Waals surface area (Å²) in [5.74, 6) is 0.585.